The minimum atomic E-state index is -0.687. The molecule has 3 heteroatoms. The third-order valence-corrected chi connectivity index (χ3v) is 2.30. The van der Waals surface area contributed by atoms with E-state index in [1.165, 1.54) is 19.3 Å². The number of aliphatic hydroxyl groups is 1. The first-order valence-corrected chi connectivity index (χ1v) is 5.60. The summed E-state index contributed by atoms with van der Waals surface area (Å²) in [6.45, 7) is 0.304. The van der Waals surface area contributed by atoms with Gasteiger partial charge in [0.1, 0.15) is 0 Å². The summed E-state index contributed by atoms with van der Waals surface area (Å²) >= 11 is 0. The van der Waals surface area contributed by atoms with Crippen molar-refractivity contribution in [3.8, 4) is 0 Å². The van der Waals surface area contributed by atoms with Crippen molar-refractivity contribution in [3.63, 3.8) is 0 Å². The zero-order valence-corrected chi connectivity index (χ0v) is 8.87. The molecule has 0 aliphatic heterocycles. The van der Waals surface area contributed by atoms with Gasteiger partial charge < -0.3 is 10.2 Å². The Morgan fingerprint density at radius 1 is 0.786 bits per heavy atom. The highest BCUT2D eigenvalue weighted by atomic mass is 16.6. The zero-order valence-electron chi connectivity index (χ0n) is 8.87. The van der Waals surface area contributed by atoms with Crippen LogP contribution in [0.2, 0.25) is 0 Å². The highest BCUT2D eigenvalue weighted by molar-refractivity contribution is 5.66. The first kappa shape index (κ1) is 13.4. The van der Waals surface area contributed by atoms with Crippen molar-refractivity contribution in [2.24, 2.45) is 0 Å². The molecule has 0 aliphatic rings. The topological polar surface area (TPSA) is 57.5 Å². The van der Waals surface area contributed by atoms with Crippen LogP contribution in [0.3, 0.4) is 0 Å². The number of rotatable bonds is 10. The Bertz CT molecular complexity index is 134. The lowest BCUT2D eigenvalue weighted by Gasteiger charge is -2.00. The number of carboxylic acid groups (broad SMARTS) is 1. The van der Waals surface area contributed by atoms with E-state index in [0.29, 0.717) is 13.0 Å². The van der Waals surface area contributed by atoms with Gasteiger partial charge in [0.05, 0.1) is 0 Å². The molecule has 2 N–H and O–H groups in total. The number of carbonyl (C=O) groups is 1. The SMILES string of the molecule is O=[14C](O)CCCCCCCCCCO. The van der Waals surface area contributed by atoms with Gasteiger partial charge in [0, 0.05) is 13.0 Å². The third kappa shape index (κ3) is 11.4. The number of aliphatic hydroxyl groups excluding tert-OH is 1. The van der Waals surface area contributed by atoms with Gasteiger partial charge in [-0.05, 0) is 12.8 Å². The van der Waals surface area contributed by atoms with Gasteiger partial charge in [-0.25, -0.2) is 0 Å². The molecule has 0 atom stereocenters. The van der Waals surface area contributed by atoms with Gasteiger partial charge >= 0.3 is 5.97 Å². The zero-order chi connectivity index (χ0) is 10.6. The Morgan fingerprint density at radius 2 is 1.21 bits per heavy atom. The Hall–Kier alpha value is -0.570. The Labute approximate surface area is 86.1 Å². The number of hydrogen-bond acceptors (Lipinski definition) is 2. The molecule has 0 unspecified atom stereocenters. The summed E-state index contributed by atoms with van der Waals surface area (Å²) in [5.74, 6) is -0.687. The van der Waals surface area contributed by atoms with Crippen LogP contribution in [0.5, 0.6) is 0 Å². The molecule has 0 aromatic rings. The average Bonchev–Trinajstić information content (AvgIpc) is 2.15. The molecule has 0 saturated heterocycles. The largest absolute Gasteiger partial charge is 0.481 e. The van der Waals surface area contributed by atoms with Gasteiger partial charge in [-0.15, -0.1) is 0 Å². The summed E-state index contributed by atoms with van der Waals surface area (Å²) in [5.41, 5.74) is 0. The van der Waals surface area contributed by atoms with E-state index in [0.717, 1.165) is 32.1 Å². The minimum Gasteiger partial charge on any atom is -0.481 e. The van der Waals surface area contributed by atoms with Crippen LogP contribution in [0.25, 0.3) is 0 Å². The van der Waals surface area contributed by atoms with Crippen molar-refractivity contribution >= 4 is 5.97 Å². The van der Waals surface area contributed by atoms with E-state index >= 15 is 0 Å². The fourth-order valence-electron chi connectivity index (χ4n) is 1.45. The van der Waals surface area contributed by atoms with Crippen molar-refractivity contribution < 1.29 is 15.0 Å². The van der Waals surface area contributed by atoms with Crippen LogP contribution in [-0.2, 0) is 4.79 Å². The van der Waals surface area contributed by atoms with Crippen molar-refractivity contribution in [1.82, 2.24) is 0 Å². The molecule has 0 amide bonds. The standard InChI is InChI=1S/C11H22O3/c12-10-8-6-4-2-1-3-5-7-9-11(13)14/h12H,1-10H2,(H,13,14)/i11+2. The molecule has 0 aromatic heterocycles. The first-order chi connectivity index (χ1) is 6.77. The molecule has 0 saturated carbocycles. The summed E-state index contributed by atoms with van der Waals surface area (Å²) in [6, 6.07) is 0. The highest BCUT2D eigenvalue weighted by Gasteiger charge is 1.96. The lowest BCUT2D eigenvalue weighted by molar-refractivity contribution is -0.137. The summed E-state index contributed by atoms with van der Waals surface area (Å²) in [4.78, 5) is 10.2. The van der Waals surface area contributed by atoms with E-state index in [2.05, 4.69) is 0 Å². The minimum absolute atomic E-state index is 0.304. The lowest BCUT2D eigenvalue weighted by atomic mass is 10.1. The van der Waals surface area contributed by atoms with Gasteiger partial charge in [-0.2, -0.15) is 0 Å². The van der Waals surface area contributed by atoms with Crippen molar-refractivity contribution in [2.45, 2.75) is 57.8 Å². The third-order valence-electron chi connectivity index (χ3n) is 2.30. The molecule has 0 spiro atoms. The van der Waals surface area contributed by atoms with Gasteiger partial charge in [-0.3, -0.25) is 4.79 Å². The fraction of sp³-hybridized carbons (Fsp3) is 0.909. The van der Waals surface area contributed by atoms with Gasteiger partial charge in [0.25, 0.3) is 0 Å². The quantitative estimate of drug-likeness (QED) is 0.538. The number of unbranched alkanes of at least 4 members (excludes halogenated alkanes) is 7. The number of carboxylic acids is 1. The average molecular weight is 204 g/mol. The molecule has 3 nitrogen and oxygen atoms in total. The molecule has 0 bridgehead atoms. The van der Waals surface area contributed by atoms with Crippen LogP contribution in [0.1, 0.15) is 57.8 Å². The number of aliphatic carboxylic acids is 1. The molecular formula is C11H22O3. The Balaban J connectivity index is 2.88. The van der Waals surface area contributed by atoms with Crippen LogP contribution in [0.15, 0.2) is 0 Å². The van der Waals surface area contributed by atoms with E-state index in [4.69, 9.17) is 10.2 Å². The van der Waals surface area contributed by atoms with Crippen LogP contribution < -0.4 is 0 Å². The van der Waals surface area contributed by atoms with Gasteiger partial charge in [0.2, 0.25) is 0 Å². The van der Waals surface area contributed by atoms with Crippen LogP contribution >= 0.6 is 0 Å². The molecule has 0 fully saturated rings. The van der Waals surface area contributed by atoms with Crippen LogP contribution in [0.4, 0.5) is 0 Å². The van der Waals surface area contributed by atoms with Crippen molar-refractivity contribution in [1.29, 1.82) is 0 Å². The summed E-state index contributed by atoms with van der Waals surface area (Å²) in [6.07, 6.45) is 8.94. The Morgan fingerprint density at radius 3 is 1.64 bits per heavy atom. The van der Waals surface area contributed by atoms with E-state index in [1.54, 1.807) is 0 Å². The van der Waals surface area contributed by atoms with Crippen LogP contribution in [-0.4, -0.2) is 22.8 Å². The molecule has 0 aliphatic carbocycles. The first-order valence-electron chi connectivity index (χ1n) is 5.60. The second-order valence-corrected chi connectivity index (χ2v) is 3.70. The maximum absolute atomic E-state index is 10.2. The molecule has 14 heavy (non-hydrogen) atoms. The second-order valence-electron chi connectivity index (χ2n) is 3.70. The highest BCUT2D eigenvalue weighted by Crippen LogP contribution is 2.09. The van der Waals surface area contributed by atoms with E-state index in [1.807, 2.05) is 0 Å². The molecule has 0 radical (unpaired) electrons. The smallest absolute Gasteiger partial charge is 0.303 e. The lowest BCUT2D eigenvalue weighted by Crippen LogP contribution is -1.93. The maximum atomic E-state index is 10.2. The molecular weight excluding hydrogens is 182 g/mol. The van der Waals surface area contributed by atoms with Gasteiger partial charge in [-0.1, -0.05) is 38.5 Å². The summed E-state index contributed by atoms with van der Waals surface area (Å²) in [7, 11) is 0. The second kappa shape index (κ2) is 10.5. The monoisotopic (exact) mass is 204 g/mol. The van der Waals surface area contributed by atoms with Gasteiger partial charge in [0.15, 0.2) is 0 Å². The maximum Gasteiger partial charge on any atom is 0.303 e. The molecule has 84 valence electrons. The van der Waals surface area contributed by atoms with Crippen molar-refractivity contribution in [2.75, 3.05) is 6.61 Å². The molecule has 0 heterocycles. The van der Waals surface area contributed by atoms with Crippen molar-refractivity contribution in [3.05, 3.63) is 0 Å². The fourth-order valence-corrected chi connectivity index (χ4v) is 1.45. The number of hydrogen-bond donors (Lipinski definition) is 2. The summed E-state index contributed by atoms with van der Waals surface area (Å²) in [5, 5.41) is 16.9. The predicted molar refractivity (Wildman–Crippen MR) is 56.3 cm³/mol. The predicted octanol–water partition coefficient (Wildman–Crippen LogP) is 2.57. The molecule has 0 aromatic carbocycles. The normalized spacial score (nSPS) is 10.4. The summed E-state index contributed by atoms with van der Waals surface area (Å²) < 4.78 is 0. The molecule has 0 rings (SSSR count). The van der Waals surface area contributed by atoms with Crippen LogP contribution in [0, 0.1) is 0 Å². The van der Waals surface area contributed by atoms with E-state index in [-0.39, 0.29) is 0 Å². The van der Waals surface area contributed by atoms with E-state index < -0.39 is 5.97 Å². The Kier molecular flexibility index (Phi) is 10.1. The van der Waals surface area contributed by atoms with E-state index in [9.17, 15) is 4.79 Å².